The van der Waals surface area contributed by atoms with Crippen LogP contribution in [0.4, 0.5) is 0 Å². The summed E-state index contributed by atoms with van der Waals surface area (Å²) in [6.07, 6.45) is 1.60. The summed E-state index contributed by atoms with van der Waals surface area (Å²) in [5.41, 5.74) is 2.10. The SMILES string of the molecule is CC(=O)NCCCc1ccc(C(=O)COC(=O)c2cccc(C#N)c2)cc1. The van der Waals surface area contributed by atoms with Crippen molar-refractivity contribution >= 4 is 17.7 Å². The van der Waals surface area contributed by atoms with Gasteiger partial charge in [-0.25, -0.2) is 4.79 Å². The zero-order valence-electron chi connectivity index (χ0n) is 15.0. The summed E-state index contributed by atoms with van der Waals surface area (Å²) < 4.78 is 5.04. The molecular formula is C21H20N2O4. The van der Waals surface area contributed by atoms with Gasteiger partial charge in [0.2, 0.25) is 5.91 Å². The van der Waals surface area contributed by atoms with Crippen molar-refractivity contribution in [3.05, 3.63) is 70.8 Å². The van der Waals surface area contributed by atoms with Crippen molar-refractivity contribution < 1.29 is 19.1 Å². The van der Waals surface area contributed by atoms with Crippen LogP contribution in [-0.4, -0.2) is 30.8 Å². The molecule has 0 heterocycles. The van der Waals surface area contributed by atoms with E-state index in [0.717, 1.165) is 18.4 Å². The smallest absolute Gasteiger partial charge is 0.338 e. The quantitative estimate of drug-likeness (QED) is 0.441. The van der Waals surface area contributed by atoms with Gasteiger partial charge in [-0.3, -0.25) is 9.59 Å². The third-order valence-corrected chi connectivity index (χ3v) is 3.85. The van der Waals surface area contributed by atoms with Crippen molar-refractivity contribution in [3.63, 3.8) is 0 Å². The first-order chi connectivity index (χ1) is 13.0. The highest BCUT2D eigenvalue weighted by Gasteiger charge is 2.12. The summed E-state index contributed by atoms with van der Waals surface area (Å²) in [4.78, 5) is 35.0. The van der Waals surface area contributed by atoms with Gasteiger partial charge < -0.3 is 10.1 Å². The molecule has 0 aromatic heterocycles. The van der Waals surface area contributed by atoms with Gasteiger partial charge in [0.05, 0.1) is 17.2 Å². The second kappa shape index (κ2) is 9.88. The second-order valence-electron chi connectivity index (χ2n) is 5.98. The van der Waals surface area contributed by atoms with E-state index >= 15 is 0 Å². The Hall–Kier alpha value is -3.46. The maximum absolute atomic E-state index is 12.2. The number of benzene rings is 2. The standard InChI is InChI=1S/C21H20N2O4/c1-15(24)23-11-3-5-16-7-9-18(10-8-16)20(25)14-27-21(26)19-6-2-4-17(12-19)13-22/h2,4,6-10,12H,3,5,11,14H2,1H3,(H,23,24). The second-order valence-corrected chi connectivity index (χ2v) is 5.98. The Morgan fingerprint density at radius 3 is 2.48 bits per heavy atom. The number of nitrogens with one attached hydrogen (secondary N) is 1. The first kappa shape index (κ1) is 19.9. The fourth-order valence-corrected chi connectivity index (χ4v) is 2.43. The number of hydrogen-bond acceptors (Lipinski definition) is 5. The lowest BCUT2D eigenvalue weighted by molar-refractivity contribution is -0.118. The van der Waals surface area contributed by atoms with Gasteiger partial charge in [-0.1, -0.05) is 30.3 Å². The predicted octanol–water partition coefficient (Wildman–Crippen LogP) is 2.67. The minimum atomic E-state index is -0.643. The summed E-state index contributed by atoms with van der Waals surface area (Å²) in [7, 11) is 0. The fraction of sp³-hybridized carbons (Fsp3) is 0.238. The van der Waals surface area contributed by atoms with Crippen LogP contribution in [0.3, 0.4) is 0 Å². The maximum Gasteiger partial charge on any atom is 0.338 e. The summed E-state index contributed by atoms with van der Waals surface area (Å²) in [5, 5.41) is 11.6. The molecule has 0 bridgehead atoms. The Kier molecular flexibility index (Phi) is 7.26. The highest BCUT2D eigenvalue weighted by molar-refractivity contribution is 5.99. The largest absolute Gasteiger partial charge is 0.454 e. The van der Waals surface area contributed by atoms with Gasteiger partial charge in [0.15, 0.2) is 12.4 Å². The summed E-state index contributed by atoms with van der Waals surface area (Å²) >= 11 is 0. The molecule has 0 atom stereocenters. The highest BCUT2D eigenvalue weighted by Crippen LogP contribution is 2.09. The molecule has 1 N–H and O–H groups in total. The topological polar surface area (TPSA) is 96.3 Å². The Labute approximate surface area is 157 Å². The molecule has 6 heteroatoms. The molecule has 6 nitrogen and oxygen atoms in total. The monoisotopic (exact) mass is 364 g/mol. The molecule has 138 valence electrons. The number of nitrogens with zero attached hydrogens (tertiary/aromatic N) is 1. The summed E-state index contributed by atoms with van der Waals surface area (Å²) in [6, 6.07) is 15.1. The molecule has 0 aliphatic carbocycles. The number of amides is 1. The average molecular weight is 364 g/mol. The van der Waals surface area contributed by atoms with E-state index in [2.05, 4.69) is 5.32 Å². The van der Waals surface area contributed by atoms with Crippen LogP contribution >= 0.6 is 0 Å². The molecule has 0 radical (unpaired) electrons. The lowest BCUT2D eigenvalue weighted by atomic mass is 10.1. The molecule has 0 fully saturated rings. The van der Waals surface area contributed by atoms with Gasteiger partial charge in [0.1, 0.15) is 0 Å². The number of rotatable bonds is 8. The molecule has 0 spiro atoms. The van der Waals surface area contributed by atoms with Gasteiger partial charge in [0.25, 0.3) is 0 Å². The summed E-state index contributed by atoms with van der Waals surface area (Å²) in [6.45, 7) is 1.73. The van der Waals surface area contributed by atoms with E-state index in [-0.39, 0.29) is 23.9 Å². The number of nitriles is 1. The van der Waals surface area contributed by atoms with Crippen molar-refractivity contribution in [3.8, 4) is 6.07 Å². The number of ether oxygens (including phenoxy) is 1. The Morgan fingerprint density at radius 2 is 1.81 bits per heavy atom. The molecule has 0 saturated heterocycles. The van der Waals surface area contributed by atoms with E-state index in [4.69, 9.17) is 10.00 Å². The van der Waals surface area contributed by atoms with Crippen molar-refractivity contribution in [2.45, 2.75) is 19.8 Å². The van der Waals surface area contributed by atoms with Crippen molar-refractivity contribution in [1.82, 2.24) is 5.32 Å². The Balaban J connectivity index is 1.84. The molecule has 1 amide bonds. The zero-order valence-corrected chi connectivity index (χ0v) is 15.0. The molecule has 0 unspecified atom stereocenters. The van der Waals surface area contributed by atoms with E-state index < -0.39 is 5.97 Å². The van der Waals surface area contributed by atoms with Crippen molar-refractivity contribution in [2.24, 2.45) is 0 Å². The van der Waals surface area contributed by atoms with Crippen LogP contribution in [0.5, 0.6) is 0 Å². The lowest BCUT2D eigenvalue weighted by Gasteiger charge is -2.06. The van der Waals surface area contributed by atoms with Crippen LogP contribution in [0.25, 0.3) is 0 Å². The maximum atomic E-state index is 12.2. The number of hydrogen-bond donors (Lipinski definition) is 1. The number of esters is 1. The van der Waals surface area contributed by atoms with Crippen molar-refractivity contribution in [1.29, 1.82) is 5.26 Å². The third kappa shape index (κ3) is 6.40. The van der Waals surface area contributed by atoms with E-state index in [1.165, 1.54) is 19.1 Å². The molecule has 27 heavy (non-hydrogen) atoms. The average Bonchev–Trinajstić information content (AvgIpc) is 2.69. The molecule has 2 aromatic carbocycles. The van der Waals surface area contributed by atoms with Gasteiger partial charge in [-0.05, 0) is 36.6 Å². The molecule has 0 aliphatic rings. The molecule has 2 rings (SSSR count). The number of ketones is 1. The van der Waals surface area contributed by atoms with Gasteiger partial charge in [-0.15, -0.1) is 0 Å². The van der Waals surface area contributed by atoms with Crippen molar-refractivity contribution in [2.75, 3.05) is 13.2 Å². The van der Waals surface area contributed by atoms with E-state index in [1.54, 1.807) is 24.3 Å². The normalized spacial score (nSPS) is 9.93. The van der Waals surface area contributed by atoms with Gasteiger partial charge >= 0.3 is 5.97 Å². The van der Waals surface area contributed by atoms with Crippen LogP contribution in [0.2, 0.25) is 0 Å². The first-order valence-corrected chi connectivity index (χ1v) is 8.53. The van der Waals surface area contributed by atoms with Crippen LogP contribution in [0.15, 0.2) is 48.5 Å². The van der Waals surface area contributed by atoms with Gasteiger partial charge in [0, 0.05) is 19.0 Å². The number of carbonyl (C=O) groups excluding carboxylic acids is 3. The third-order valence-electron chi connectivity index (χ3n) is 3.85. The Morgan fingerprint density at radius 1 is 1.07 bits per heavy atom. The van der Waals surface area contributed by atoms with E-state index in [0.29, 0.717) is 17.7 Å². The number of aryl methyl sites for hydroxylation is 1. The molecule has 2 aromatic rings. The van der Waals surface area contributed by atoms with E-state index in [9.17, 15) is 14.4 Å². The highest BCUT2D eigenvalue weighted by atomic mass is 16.5. The molecule has 0 aliphatic heterocycles. The van der Waals surface area contributed by atoms with Crippen LogP contribution in [0.1, 0.15) is 45.2 Å². The van der Waals surface area contributed by atoms with E-state index in [1.807, 2.05) is 18.2 Å². The van der Waals surface area contributed by atoms with Crippen LogP contribution in [0, 0.1) is 11.3 Å². The first-order valence-electron chi connectivity index (χ1n) is 8.53. The zero-order chi connectivity index (χ0) is 19.6. The predicted molar refractivity (Wildman–Crippen MR) is 99.2 cm³/mol. The lowest BCUT2D eigenvalue weighted by Crippen LogP contribution is -2.21. The van der Waals surface area contributed by atoms with Gasteiger partial charge in [-0.2, -0.15) is 5.26 Å². The summed E-state index contributed by atoms with van der Waals surface area (Å²) in [5.74, 6) is -0.996. The number of Topliss-reactive ketones (excluding diaryl/α,β-unsaturated/α-hetero) is 1. The Bertz CT molecular complexity index is 866. The fourth-order valence-electron chi connectivity index (χ4n) is 2.43. The number of carbonyl (C=O) groups is 3. The molecule has 0 saturated carbocycles. The minimum absolute atomic E-state index is 0.0511. The van der Waals surface area contributed by atoms with Crippen LogP contribution < -0.4 is 5.32 Å². The van der Waals surface area contributed by atoms with Crippen LogP contribution in [-0.2, 0) is 16.0 Å². The molecular weight excluding hydrogens is 344 g/mol. The minimum Gasteiger partial charge on any atom is -0.454 e.